The van der Waals surface area contributed by atoms with Crippen LogP contribution in [0.2, 0.25) is 0 Å². The first-order chi connectivity index (χ1) is 6.33. The second kappa shape index (κ2) is 5.94. The molecule has 3 nitrogen and oxygen atoms in total. The quantitative estimate of drug-likeness (QED) is 0.441. The van der Waals surface area contributed by atoms with Gasteiger partial charge in [-0.2, -0.15) is 0 Å². The summed E-state index contributed by atoms with van der Waals surface area (Å²) in [4.78, 5) is 8.47. The average Bonchev–Trinajstić information content (AvgIpc) is 2.13. The van der Waals surface area contributed by atoms with E-state index in [1.807, 2.05) is 26.2 Å². The highest BCUT2D eigenvalue weighted by atomic mass is 32.2. The van der Waals surface area contributed by atoms with Crippen LogP contribution in [0.15, 0.2) is 17.4 Å². The molecule has 0 atom stereocenters. The lowest BCUT2D eigenvalue weighted by Crippen LogP contribution is -2.08. The number of hydrogen-bond acceptors (Lipinski definition) is 4. The molecule has 1 aromatic rings. The van der Waals surface area contributed by atoms with Gasteiger partial charge in [-0.1, -0.05) is 11.8 Å². The summed E-state index contributed by atoms with van der Waals surface area (Å²) in [5, 5.41) is 4.00. The van der Waals surface area contributed by atoms with Crippen LogP contribution in [0.25, 0.3) is 0 Å². The summed E-state index contributed by atoms with van der Waals surface area (Å²) >= 11 is 1.71. The first-order valence-electron chi connectivity index (χ1n) is 4.40. The smallest absolute Gasteiger partial charge is 0.187 e. The second-order valence-electron chi connectivity index (χ2n) is 2.79. The summed E-state index contributed by atoms with van der Waals surface area (Å²) in [6.45, 7) is 3.04. The van der Waals surface area contributed by atoms with E-state index < -0.39 is 0 Å². The number of thioether (sulfide) groups is 1. The predicted molar refractivity (Wildman–Crippen MR) is 56.0 cm³/mol. The normalized spacial score (nSPS) is 10.3. The number of aryl methyl sites for hydroxylation is 1. The van der Waals surface area contributed by atoms with E-state index in [1.54, 1.807) is 11.8 Å². The number of hydrogen-bond donors (Lipinski definition) is 1. The van der Waals surface area contributed by atoms with Gasteiger partial charge in [0, 0.05) is 17.6 Å². The number of nitrogens with one attached hydrogen (secondary N) is 1. The zero-order chi connectivity index (χ0) is 9.52. The number of nitrogens with zero attached hydrogens (tertiary/aromatic N) is 2. The molecule has 4 heteroatoms. The maximum absolute atomic E-state index is 4.30. The van der Waals surface area contributed by atoms with Crippen molar-refractivity contribution >= 4 is 11.8 Å². The minimum absolute atomic E-state index is 0.885. The van der Waals surface area contributed by atoms with Gasteiger partial charge in [-0.15, -0.1) is 0 Å². The molecule has 0 spiro atoms. The minimum Gasteiger partial charge on any atom is -0.320 e. The van der Waals surface area contributed by atoms with Crippen LogP contribution in [0.1, 0.15) is 12.1 Å². The summed E-state index contributed by atoms with van der Waals surface area (Å²) in [6, 6.07) is 1.91. The Morgan fingerprint density at radius 3 is 3.08 bits per heavy atom. The molecule has 0 radical (unpaired) electrons. The van der Waals surface area contributed by atoms with Gasteiger partial charge in [-0.25, -0.2) is 9.97 Å². The highest BCUT2D eigenvalue weighted by Gasteiger charge is 1.96. The molecule has 0 unspecified atom stereocenters. The van der Waals surface area contributed by atoms with Crippen molar-refractivity contribution < 1.29 is 0 Å². The van der Waals surface area contributed by atoms with Crippen LogP contribution in [-0.2, 0) is 0 Å². The molecule has 0 aromatic carbocycles. The van der Waals surface area contributed by atoms with Crippen LogP contribution < -0.4 is 5.32 Å². The third kappa shape index (κ3) is 4.24. The second-order valence-corrected chi connectivity index (χ2v) is 3.85. The Hall–Kier alpha value is -0.610. The van der Waals surface area contributed by atoms with Gasteiger partial charge in [0.15, 0.2) is 5.16 Å². The fraction of sp³-hybridized carbons (Fsp3) is 0.556. The monoisotopic (exact) mass is 197 g/mol. The SMILES string of the molecule is CNCCCSc1nccc(C)n1. The van der Waals surface area contributed by atoms with Crippen LogP contribution >= 0.6 is 11.8 Å². The van der Waals surface area contributed by atoms with Gasteiger partial charge in [0.2, 0.25) is 0 Å². The van der Waals surface area contributed by atoms with Gasteiger partial charge in [0.25, 0.3) is 0 Å². The largest absolute Gasteiger partial charge is 0.320 e. The van der Waals surface area contributed by atoms with E-state index in [2.05, 4.69) is 15.3 Å². The molecule has 0 fully saturated rings. The standard InChI is InChI=1S/C9H15N3S/c1-8-4-6-11-9(12-8)13-7-3-5-10-2/h4,6,10H,3,5,7H2,1-2H3. The van der Waals surface area contributed by atoms with Crippen molar-refractivity contribution in [3.05, 3.63) is 18.0 Å². The topological polar surface area (TPSA) is 37.8 Å². The predicted octanol–water partition coefficient (Wildman–Crippen LogP) is 1.49. The van der Waals surface area contributed by atoms with Gasteiger partial charge in [-0.3, -0.25) is 0 Å². The van der Waals surface area contributed by atoms with Gasteiger partial charge < -0.3 is 5.32 Å². The van der Waals surface area contributed by atoms with Crippen molar-refractivity contribution in [2.75, 3.05) is 19.3 Å². The lowest BCUT2D eigenvalue weighted by Gasteiger charge is -2.00. The Labute approximate surface area is 83.4 Å². The van der Waals surface area contributed by atoms with Crippen molar-refractivity contribution in [2.45, 2.75) is 18.5 Å². The van der Waals surface area contributed by atoms with E-state index in [-0.39, 0.29) is 0 Å². The fourth-order valence-electron chi connectivity index (χ4n) is 0.908. The third-order valence-corrected chi connectivity index (χ3v) is 2.52. The molecule has 1 aromatic heterocycles. The third-order valence-electron chi connectivity index (χ3n) is 1.57. The first-order valence-corrected chi connectivity index (χ1v) is 5.38. The van der Waals surface area contributed by atoms with E-state index in [4.69, 9.17) is 0 Å². The van der Waals surface area contributed by atoms with E-state index in [0.717, 1.165) is 29.6 Å². The maximum Gasteiger partial charge on any atom is 0.187 e. The van der Waals surface area contributed by atoms with Crippen LogP contribution in [0, 0.1) is 6.92 Å². The van der Waals surface area contributed by atoms with Crippen molar-refractivity contribution in [3.63, 3.8) is 0 Å². The van der Waals surface area contributed by atoms with Gasteiger partial charge >= 0.3 is 0 Å². The molecule has 72 valence electrons. The molecule has 13 heavy (non-hydrogen) atoms. The summed E-state index contributed by atoms with van der Waals surface area (Å²) < 4.78 is 0. The highest BCUT2D eigenvalue weighted by molar-refractivity contribution is 7.99. The zero-order valence-electron chi connectivity index (χ0n) is 8.08. The Morgan fingerprint density at radius 2 is 2.38 bits per heavy atom. The van der Waals surface area contributed by atoms with E-state index >= 15 is 0 Å². The van der Waals surface area contributed by atoms with Crippen molar-refractivity contribution in [1.82, 2.24) is 15.3 Å². The molecule has 0 aliphatic rings. The molecular weight excluding hydrogens is 182 g/mol. The number of rotatable bonds is 5. The van der Waals surface area contributed by atoms with E-state index in [1.165, 1.54) is 0 Å². The van der Waals surface area contributed by atoms with Crippen LogP contribution in [0.3, 0.4) is 0 Å². The maximum atomic E-state index is 4.30. The fourth-order valence-corrected chi connectivity index (χ4v) is 1.72. The lowest BCUT2D eigenvalue weighted by atomic mass is 10.5. The Morgan fingerprint density at radius 1 is 1.54 bits per heavy atom. The molecule has 0 saturated heterocycles. The van der Waals surface area contributed by atoms with E-state index in [9.17, 15) is 0 Å². The molecule has 1 N–H and O–H groups in total. The zero-order valence-corrected chi connectivity index (χ0v) is 8.90. The molecule has 0 aliphatic carbocycles. The lowest BCUT2D eigenvalue weighted by molar-refractivity contribution is 0.776. The Kier molecular flexibility index (Phi) is 4.78. The van der Waals surface area contributed by atoms with Crippen LogP contribution in [0.4, 0.5) is 0 Å². The summed E-state index contributed by atoms with van der Waals surface area (Å²) in [7, 11) is 1.97. The molecule has 0 amide bonds. The molecule has 1 rings (SSSR count). The average molecular weight is 197 g/mol. The Balaban J connectivity index is 2.28. The molecule has 0 saturated carbocycles. The van der Waals surface area contributed by atoms with Crippen molar-refractivity contribution in [2.24, 2.45) is 0 Å². The highest BCUT2D eigenvalue weighted by Crippen LogP contribution is 2.12. The van der Waals surface area contributed by atoms with Gasteiger partial charge in [0.05, 0.1) is 0 Å². The Bertz CT molecular complexity index is 252. The number of aromatic nitrogens is 2. The summed E-state index contributed by atoms with van der Waals surface area (Å²) in [6.07, 6.45) is 2.96. The first kappa shape index (κ1) is 10.5. The van der Waals surface area contributed by atoms with Crippen LogP contribution in [-0.4, -0.2) is 29.3 Å². The molecule has 0 aliphatic heterocycles. The summed E-state index contributed by atoms with van der Waals surface area (Å²) in [5.74, 6) is 1.07. The van der Waals surface area contributed by atoms with Crippen molar-refractivity contribution in [1.29, 1.82) is 0 Å². The van der Waals surface area contributed by atoms with Crippen molar-refractivity contribution in [3.8, 4) is 0 Å². The van der Waals surface area contributed by atoms with Crippen LogP contribution in [0.5, 0.6) is 0 Å². The summed E-state index contributed by atoms with van der Waals surface area (Å²) in [5.41, 5.74) is 1.03. The molecular formula is C9H15N3S. The van der Waals surface area contributed by atoms with Gasteiger partial charge in [-0.05, 0) is 33.0 Å². The van der Waals surface area contributed by atoms with E-state index in [0.29, 0.717) is 0 Å². The molecule has 1 heterocycles. The van der Waals surface area contributed by atoms with Gasteiger partial charge in [0.1, 0.15) is 0 Å². The minimum atomic E-state index is 0.885. The molecule has 0 bridgehead atoms.